The molecule has 0 aromatic heterocycles. The smallest absolute Gasteiger partial charge is 0.342 e. The molecule has 0 aromatic carbocycles. The quantitative estimate of drug-likeness (QED) is 0.560. The molecule has 3 saturated heterocycles. The highest BCUT2D eigenvalue weighted by Crippen LogP contribution is 2.42. The Hall–Kier alpha value is -1.59. The molecular weight excluding hydrogens is 344 g/mol. The lowest BCUT2D eigenvalue weighted by atomic mass is 9.76. The molecule has 27 heavy (non-hydrogen) atoms. The van der Waals surface area contributed by atoms with Crippen LogP contribution in [0.5, 0.6) is 0 Å². The van der Waals surface area contributed by atoms with E-state index in [1.54, 1.807) is 9.80 Å². The standard InChI is InChI=1S/C21H32N2O4/c1-13(2)15-8-7-14(3)17(12-15)27-20(26)21-9-5-11-23(21)18(24)16-6-4-10-22(16)19(21)25/h13-17H,4-12H2,1-3H3/t14-,15+,16-,17-,21-/m0/s1. The molecule has 4 rings (SSSR count). The predicted octanol–water partition coefficient (Wildman–Crippen LogP) is 2.36. The first-order chi connectivity index (χ1) is 12.9. The average Bonchev–Trinajstić information content (AvgIpc) is 3.29. The van der Waals surface area contributed by atoms with Gasteiger partial charge in [-0.05, 0) is 62.7 Å². The summed E-state index contributed by atoms with van der Waals surface area (Å²) in [4.78, 5) is 42.9. The molecule has 0 radical (unpaired) electrons. The Bertz CT molecular complexity index is 648. The number of amides is 2. The van der Waals surface area contributed by atoms with E-state index in [4.69, 9.17) is 4.74 Å². The van der Waals surface area contributed by atoms with Gasteiger partial charge >= 0.3 is 5.97 Å². The molecule has 3 heterocycles. The van der Waals surface area contributed by atoms with Gasteiger partial charge in [0.2, 0.25) is 11.4 Å². The fraction of sp³-hybridized carbons (Fsp3) is 0.857. The molecule has 4 fully saturated rings. The number of ether oxygens (including phenoxy) is 1. The van der Waals surface area contributed by atoms with Gasteiger partial charge in [0.1, 0.15) is 12.1 Å². The van der Waals surface area contributed by atoms with Crippen LogP contribution < -0.4 is 0 Å². The highest BCUT2D eigenvalue weighted by molar-refractivity contribution is 6.14. The maximum absolute atomic E-state index is 13.4. The first-order valence-electron chi connectivity index (χ1n) is 10.7. The zero-order valence-corrected chi connectivity index (χ0v) is 16.8. The molecule has 0 N–H and O–H groups in total. The molecule has 0 spiro atoms. The van der Waals surface area contributed by atoms with Gasteiger partial charge < -0.3 is 14.5 Å². The van der Waals surface area contributed by atoms with E-state index in [1.165, 1.54) is 0 Å². The van der Waals surface area contributed by atoms with Crippen molar-refractivity contribution in [3.8, 4) is 0 Å². The van der Waals surface area contributed by atoms with Crippen molar-refractivity contribution in [2.75, 3.05) is 13.1 Å². The summed E-state index contributed by atoms with van der Waals surface area (Å²) < 4.78 is 6.02. The molecule has 2 amide bonds. The Morgan fingerprint density at radius 1 is 1.15 bits per heavy atom. The van der Waals surface area contributed by atoms with Crippen molar-refractivity contribution in [3.05, 3.63) is 0 Å². The van der Waals surface area contributed by atoms with Crippen LogP contribution in [0.15, 0.2) is 0 Å². The molecule has 6 heteroatoms. The summed E-state index contributed by atoms with van der Waals surface area (Å²) in [7, 11) is 0. The van der Waals surface area contributed by atoms with E-state index < -0.39 is 11.5 Å². The zero-order valence-electron chi connectivity index (χ0n) is 16.8. The number of rotatable bonds is 3. The molecular formula is C21H32N2O4. The van der Waals surface area contributed by atoms with Gasteiger partial charge in [0.05, 0.1) is 0 Å². The van der Waals surface area contributed by atoms with Gasteiger partial charge in [0.15, 0.2) is 0 Å². The minimum absolute atomic E-state index is 0.0571. The largest absolute Gasteiger partial charge is 0.460 e. The summed E-state index contributed by atoms with van der Waals surface area (Å²) in [6, 6.07) is -0.365. The molecule has 6 nitrogen and oxygen atoms in total. The predicted molar refractivity (Wildman–Crippen MR) is 99.6 cm³/mol. The fourth-order valence-electron chi connectivity index (χ4n) is 5.64. The van der Waals surface area contributed by atoms with E-state index in [1.807, 2.05) is 0 Å². The number of carbonyl (C=O) groups excluding carboxylic acids is 3. The molecule has 3 aliphatic heterocycles. The SMILES string of the molecule is CC(C)[C@@H]1CC[C@H](C)[C@@H](OC(=O)[C@@]23CCCN2C(=O)[C@@H]2CCCN2C3=O)C1. The lowest BCUT2D eigenvalue weighted by Crippen LogP contribution is -2.71. The Balaban J connectivity index is 1.58. The topological polar surface area (TPSA) is 66.9 Å². The Labute approximate surface area is 161 Å². The first kappa shape index (κ1) is 18.8. The maximum atomic E-state index is 13.4. The van der Waals surface area contributed by atoms with Crippen LogP contribution in [0.25, 0.3) is 0 Å². The highest BCUT2D eigenvalue weighted by Gasteiger charge is 2.64. The normalized spacial score (nSPS) is 39.0. The third-order valence-corrected chi connectivity index (χ3v) is 7.50. The monoisotopic (exact) mass is 376 g/mol. The van der Waals surface area contributed by atoms with Gasteiger partial charge in [-0.1, -0.05) is 20.8 Å². The van der Waals surface area contributed by atoms with Crippen molar-refractivity contribution in [2.24, 2.45) is 17.8 Å². The van der Waals surface area contributed by atoms with E-state index in [0.717, 1.165) is 25.7 Å². The van der Waals surface area contributed by atoms with Gasteiger partial charge in [-0.15, -0.1) is 0 Å². The molecule has 0 unspecified atom stereocenters. The van der Waals surface area contributed by atoms with Crippen LogP contribution in [0.4, 0.5) is 0 Å². The van der Waals surface area contributed by atoms with Gasteiger partial charge in [0, 0.05) is 13.1 Å². The Kier molecular flexibility index (Phi) is 4.71. The van der Waals surface area contributed by atoms with Crippen molar-refractivity contribution in [3.63, 3.8) is 0 Å². The van der Waals surface area contributed by atoms with Crippen molar-refractivity contribution in [1.29, 1.82) is 0 Å². The van der Waals surface area contributed by atoms with Gasteiger partial charge in [-0.2, -0.15) is 0 Å². The number of esters is 1. The van der Waals surface area contributed by atoms with Crippen LogP contribution in [0.1, 0.15) is 65.7 Å². The summed E-state index contributed by atoms with van der Waals surface area (Å²) in [5.41, 5.74) is -1.40. The number of carbonyl (C=O) groups is 3. The first-order valence-corrected chi connectivity index (χ1v) is 10.7. The number of nitrogens with zero attached hydrogens (tertiary/aromatic N) is 2. The zero-order chi connectivity index (χ0) is 19.3. The van der Waals surface area contributed by atoms with Crippen molar-refractivity contribution in [2.45, 2.75) is 83.4 Å². The van der Waals surface area contributed by atoms with Gasteiger partial charge in [-0.3, -0.25) is 9.59 Å². The van der Waals surface area contributed by atoms with E-state index in [0.29, 0.717) is 50.1 Å². The summed E-state index contributed by atoms with van der Waals surface area (Å²) in [6.07, 6.45) is 5.52. The lowest BCUT2D eigenvalue weighted by Gasteiger charge is -2.46. The van der Waals surface area contributed by atoms with E-state index in [-0.39, 0.29) is 24.0 Å². The van der Waals surface area contributed by atoms with Crippen molar-refractivity contribution < 1.29 is 19.1 Å². The summed E-state index contributed by atoms with van der Waals surface area (Å²) in [6.45, 7) is 7.62. The molecule has 0 bridgehead atoms. The third-order valence-electron chi connectivity index (χ3n) is 7.50. The third kappa shape index (κ3) is 2.78. The van der Waals surface area contributed by atoms with Crippen molar-refractivity contribution >= 4 is 17.8 Å². The van der Waals surface area contributed by atoms with E-state index in [9.17, 15) is 14.4 Å². The molecule has 1 saturated carbocycles. The summed E-state index contributed by atoms with van der Waals surface area (Å²) >= 11 is 0. The lowest BCUT2D eigenvalue weighted by molar-refractivity contribution is -0.184. The molecule has 0 aromatic rings. The van der Waals surface area contributed by atoms with Crippen LogP contribution in [0.3, 0.4) is 0 Å². The summed E-state index contributed by atoms with van der Waals surface area (Å²) in [5.74, 6) is 0.661. The second-order valence-corrected chi connectivity index (χ2v) is 9.35. The molecule has 150 valence electrons. The number of piperazine rings is 1. The number of hydrogen-bond donors (Lipinski definition) is 0. The number of hydrogen-bond acceptors (Lipinski definition) is 4. The van der Waals surface area contributed by atoms with Gasteiger partial charge in [0.25, 0.3) is 5.91 Å². The number of fused-ring (bicyclic) bond motifs is 2. The van der Waals surface area contributed by atoms with Crippen LogP contribution in [-0.4, -0.2) is 58.4 Å². The fourth-order valence-corrected chi connectivity index (χ4v) is 5.64. The maximum Gasteiger partial charge on any atom is 0.342 e. The molecule has 4 aliphatic rings. The Morgan fingerprint density at radius 2 is 1.93 bits per heavy atom. The average molecular weight is 376 g/mol. The molecule has 1 aliphatic carbocycles. The minimum atomic E-state index is -1.40. The Morgan fingerprint density at radius 3 is 2.67 bits per heavy atom. The second-order valence-electron chi connectivity index (χ2n) is 9.35. The van der Waals surface area contributed by atoms with Gasteiger partial charge in [-0.25, -0.2) is 4.79 Å². The van der Waals surface area contributed by atoms with Crippen LogP contribution in [0.2, 0.25) is 0 Å². The van der Waals surface area contributed by atoms with Crippen LogP contribution in [-0.2, 0) is 19.1 Å². The second kappa shape index (κ2) is 6.78. The van der Waals surface area contributed by atoms with Crippen LogP contribution >= 0.6 is 0 Å². The molecule has 5 atom stereocenters. The van der Waals surface area contributed by atoms with E-state index in [2.05, 4.69) is 20.8 Å². The van der Waals surface area contributed by atoms with Crippen molar-refractivity contribution in [1.82, 2.24) is 9.80 Å². The summed E-state index contributed by atoms with van der Waals surface area (Å²) in [5, 5.41) is 0. The van der Waals surface area contributed by atoms with Crippen LogP contribution in [0, 0.1) is 17.8 Å². The highest BCUT2D eigenvalue weighted by atomic mass is 16.5. The minimum Gasteiger partial charge on any atom is -0.460 e. The van der Waals surface area contributed by atoms with E-state index >= 15 is 0 Å².